The van der Waals surface area contributed by atoms with Crippen LogP contribution in [0.2, 0.25) is 0 Å². The molecule has 1 aromatic carbocycles. The first-order chi connectivity index (χ1) is 10.7. The molecule has 0 unspecified atom stereocenters. The monoisotopic (exact) mass is 388 g/mol. The number of hydrogen-bond acceptors (Lipinski definition) is 3. The number of ketones is 1. The Balaban J connectivity index is 1.68. The van der Waals surface area contributed by atoms with Crippen LogP contribution in [0.25, 0.3) is 6.08 Å². The molecule has 22 heavy (non-hydrogen) atoms. The molecular weight excluding hydrogens is 376 g/mol. The standard InChI is InChI=1S/C18H13BrOS2/c19-14-11-15(21-12-14)6-8-17(20)18-9-7-16(22-18)10-13-4-2-1-3-5-13/h1-9,11-12H,10H2/b8-6+. The highest BCUT2D eigenvalue weighted by Gasteiger charge is 2.07. The molecule has 0 N–H and O–H groups in total. The smallest absolute Gasteiger partial charge is 0.195 e. The van der Waals surface area contributed by atoms with E-state index in [9.17, 15) is 4.79 Å². The minimum absolute atomic E-state index is 0.0637. The van der Waals surface area contributed by atoms with Gasteiger partial charge in [0, 0.05) is 26.0 Å². The third-order valence-electron chi connectivity index (χ3n) is 3.11. The van der Waals surface area contributed by atoms with Gasteiger partial charge in [-0.05, 0) is 51.8 Å². The van der Waals surface area contributed by atoms with Gasteiger partial charge in [0.25, 0.3) is 0 Å². The van der Waals surface area contributed by atoms with Gasteiger partial charge in [0.1, 0.15) is 0 Å². The summed E-state index contributed by atoms with van der Waals surface area (Å²) in [6.07, 6.45) is 4.39. The molecule has 0 bridgehead atoms. The summed E-state index contributed by atoms with van der Waals surface area (Å²) in [5.41, 5.74) is 1.27. The summed E-state index contributed by atoms with van der Waals surface area (Å²) in [5, 5.41) is 2.01. The number of carbonyl (C=O) groups is 1. The van der Waals surface area contributed by atoms with E-state index in [-0.39, 0.29) is 5.78 Å². The maximum atomic E-state index is 12.2. The van der Waals surface area contributed by atoms with E-state index in [0.717, 1.165) is 20.6 Å². The molecule has 0 radical (unpaired) electrons. The Kier molecular flexibility index (Phi) is 5.03. The van der Waals surface area contributed by atoms with E-state index in [1.807, 2.05) is 47.9 Å². The number of rotatable bonds is 5. The summed E-state index contributed by atoms with van der Waals surface area (Å²) < 4.78 is 1.05. The third kappa shape index (κ3) is 4.03. The summed E-state index contributed by atoms with van der Waals surface area (Å²) in [4.78, 5) is 15.3. The molecule has 3 rings (SSSR count). The van der Waals surface area contributed by atoms with E-state index in [2.05, 4.69) is 28.1 Å². The molecule has 2 aromatic heterocycles. The molecule has 2 heterocycles. The second-order valence-electron chi connectivity index (χ2n) is 4.79. The average Bonchev–Trinajstić information content (AvgIpc) is 3.15. The normalized spacial score (nSPS) is 11.1. The number of benzene rings is 1. The molecule has 110 valence electrons. The lowest BCUT2D eigenvalue weighted by Gasteiger charge is -1.96. The van der Waals surface area contributed by atoms with Crippen molar-refractivity contribution in [3.63, 3.8) is 0 Å². The molecule has 0 amide bonds. The topological polar surface area (TPSA) is 17.1 Å². The van der Waals surface area contributed by atoms with E-state index < -0.39 is 0 Å². The lowest BCUT2D eigenvalue weighted by Crippen LogP contribution is -1.88. The first-order valence-electron chi connectivity index (χ1n) is 6.80. The van der Waals surface area contributed by atoms with Gasteiger partial charge < -0.3 is 0 Å². The van der Waals surface area contributed by atoms with Crippen LogP contribution in [0.15, 0.2) is 64.5 Å². The van der Waals surface area contributed by atoms with Crippen molar-refractivity contribution in [3.05, 3.63) is 84.7 Å². The SMILES string of the molecule is O=C(/C=C/c1cc(Br)cs1)c1ccc(Cc2ccccc2)s1. The summed E-state index contributed by atoms with van der Waals surface area (Å²) in [6.45, 7) is 0. The van der Waals surface area contributed by atoms with Crippen LogP contribution in [0, 0.1) is 0 Å². The van der Waals surface area contributed by atoms with Gasteiger partial charge in [-0.25, -0.2) is 0 Å². The third-order valence-corrected chi connectivity index (χ3v) is 5.87. The highest BCUT2D eigenvalue weighted by atomic mass is 79.9. The van der Waals surface area contributed by atoms with Crippen LogP contribution in [0.5, 0.6) is 0 Å². The molecule has 3 aromatic rings. The van der Waals surface area contributed by atoms with Gasteiger partial charge in [-0.3, -0.25) is 4.79 Å². The van der Waals surface area contributed by atoms with Crippen molar-refractivity contribution in [1.82, 2.24) is 0 Å². The average molecular weight is 389 g/mol. The molecule has 0 aliphatic heterocycles. The highest BCUT2D eigenvalue weighted by Crippen LogP contribution is 2.23. The summed E-state index contributed by atoms with van der Waals surface area (Å²) in [5.74, 6) is 0.0637. The van der Waals surface area contributed by atoms with Crippen molar-refractivity contribution in [2.24, 2.45) is 0 Å². The van der Waals surface area contributed by atoms with Gasteiger partial charge in [-0.2, -0.15) is 0 Å². The molecule has 0 atom stereocenters. The number of thiophene rings is 2. The van der Waals surface area contributed by atoms with Crippen molar-refractivity contribution in [3.8, 4) is 0 Å². The second-order valence-corrected chi connectivity index (χ2v) is 7.82. The van der Waals surface area contributed by atoms with Crippen LogP contribution >= 0.6 is 38.6 Å². The molecular formula is C18H13BrOS2. The van der Waals surface area contributed by atoms with E-state index in [1.54, 1.807) is 28.7 Å². The fourth-order valence-corrected chi connectivity index (χ4v) is 4.36. The molecule has 0 saturated carbocycles. The van der Waals surface area contributed by atoms with Crippen LogP contribution < -0.4 is 0 Å². The fourth-order valence-electron chi connectivity index (χ4n) is 2.06. The first kappa shape index (κ1) is 15.4. The quantitative estimate of drug-likeness (QED) is 0.383. The maximum absolute atomic E-state index is 12.2. The number of halogens is 1. The second kappa shape index (κ2) is 7.18. The Morgan fingerprint density at radius 2 is 1.95 bits per heavy atom. The minimum atomic E-state index is 0.0637. The maximum Gasteiger partial charge on any atom is 0.195 e. The molecule has 0 fully saturated rings. The van der Waals surface area contributed by atoms with Crippen molar-refractivity contribution in [2.45, 2.75) is 6.42 Å². The molecule has 0 spiro atoms. The van der Waals surface area contributed by atoms with Crippen LogP contribution in [0.4, 0.5) is 0 Å². The predicted molar refractivity (Wildman–Crippen MR) is 99.0 cm³/mol. The lowest BCUT2D eigenvalue weighted by molar-refractivity contribution is 0.105. The van der Waals surface area contributed by atoms with Gasteiger partial charge in [0.05, 0.1) is 4.88 Å². The molecule has 0 saturated heterocycles. The van der Waals surface area contributed by atoms with E-state index in [4.69, 9.17) is 0 Å². The van der Waals surface area contributed by atoms with Gasteiger partial charge in [0.15, 0.2) is 5.78 Å². The number of hydrogen-bond donors (Lipinski definition) is 0. The molecule has 4 heteroatoms. The van der Waals surface area contributed by atoms with Crippen LogP contribution in [0.1, 0.15) is 25.0 Å². The van der Waals surface area contributed by atoms with Crippen LogP contribution in [-0.4, -0.2) is 5.78 Å². The van der Waals surface area contributed by atoms with Crippen molar-refractivity contribution in [2.75, 3.05) is 0 Å². The minimum Gasteiger partial charge on any atom is -0.288 e. The van der Waals surface area contributed by atoms with Gasteiger partial charge in [-0.15, -0.1) is 22.7 Å². The number of carbonyl (C=O) groups excluding carboxylic acids is 1. The van der Waals surface area contributed by atoms with E-state index in [1.165, 1.54) is 10.4 Å². The molecule has 0 aliphatic rings. The summed E-state index contributed by atoms with van der Waals surface area (Å²) >= 11 is 6.59. The Labute approximate surface area is 146 Å². The molecule has 1 nitrogen and oxygen atoms in total. The zero-order valence-corrected chi connectivity index (χ0v) is 14.9. The van der Waals surface area contributed by atoms with Gasteiger partial charge >= 0.3 is 0 Å². The van der Waals surface area contributed by atoms with Crippen molar-refractivity contribution >= 4 is 50.5 Å². The van der Waals surface area contributed by atoms with Crippen molar-refractivity contribution in [1.29, 1.82) is 0 Å². The first-order valence-corrected chi connectivity index (χ1v) is 9.29. The highest BCUT2D eigenvalue weighted by molar-refractivity contribution is 9.10. The van der Waals surface area contributed by atoms with Crippen molar-refractivity contribution < 1.29 is 4.79 Å². The van der Waals surface area contributed by atoms with Gasteiger partial charge in [0.2, 0.25) is 0 Å². The lowest BCUT2D eigenvalue weighted by atomic mass is 10.1. The van der Waals surface area contributed by atoms with Crippen LogP contribution in [-0.2, 0) is 6.42 Å². The Bertz CT molecular complexity index is 799. The van der Waals surface area contributed by atoms with Gasteiger partial charge in [-0.1, -0.05) is 30.3 Å². The Morgan fingerprint density at radius 3 is 2.68 bits per heavy atom. The molecule has 0 aliphatic carbocycles. The predicted octanol–water partition coefficient (Wildman–Crippen LogP) is 6.06. The largest absolute Gasteiger partial charge is 0.288 e. The zero-order chi connectivity index (χ0) is 15.4. The Morgan fingerprint density at radius 1 is 1.14 bits per heavy atom. The van der Waals surface area contributed by atoms with E-state index in [0.29, 0.717) is 0 Å². The zero-order valence-electron chi connectivity index (χ0n) is 11.7. The van der Waals surface area contributed by atoms with Crippen LogP contribution in [0.3, 0.4) is 0 Å². The Hall–Kier alpha value is -1.49. The fraction of sp³-hybridized carbons (Fsp3) is 0.0556. The summed E-state index contributed by atoms with van der Waals surface area (Å²) in [6, 6.07) is 16.3. The number of allylic oxidation sites excluding steroid dienone is 1. The van der Waals surface area contributed by atoms with E-state index >= 15 is 0 Å². The summed E-state index contributed by atoms with van der Waals surface area (Å²) in [7, 11) is 0.